The molecule has 1 N–H and O–H groups in total. The van der Waals surface area contributed by atoms with E-state index in [1.807, 2.05) is 18.2 Å². The molecule has 1 radical (unpaired) electrons. The van der Waals surface area contributed by atoms with Gasteiger partial charge in [0, 0.05) is 41.2 Å². The molecule has 1 aliphatic rings. The van der Waals surface area contributed by atoms with Gasteiger partial charge >= 0.3 is 0 Å². The molecule has 0 fully saturated rings. The Bertz CT molecular complexity index is 1110. The van der Waals surface area contributed by atoms with E-state index >= 15 is 0 Å². The highest BCUT2D eigenvalue weighted by atomic mass is 32.1. The minimum atomic E-state index is 0. The van der Waals surface area contributed by atoms with Crippen molar-refractivity contribution in [3.8, 4) is 16.9 Å². The van der Waals surface area contributed by atoms with Crippen LogP contribution in [0.15, 0.2) is 65.1 Å². The largest absolute Gasteiger partial charge is 0.497 e. The number of methoxy groups -OCH3 is 2. The second-order valence-corrected chi connectivity index (χ2v) is 8.23. The lowest BCUT2D eigenvalue weighted by Crippen LogP contribution is -2.03. The van der Waals surface area contributed by atoms with Crippen molar-refractivity contribution in [1.82, 2.24) is 0 Å². The highest BCUT2D eigenvalue weighted by Gasteiger charge is 2.19. The predicted octanol–water partition coefficient (Wildman–Crippen LogP) is 8.63. The molecule has 4 rings (SSSR count). The summed E-state index contributed by atoms with van der Waals surface area (Å²) in [4.78, 5) is 0. The SMILES string of the molecule is CCC.CCc1cc(=S)c(C2=C[CH]2)c(CNc2ccc(-c3ccc(OC)cc3)cc2)o1.COC.[HH].[HH]. The Kier molecular flexibility index (Phi) is 11.6. The number of benzene rings is 2. The smallest absolute Gasteiger partial charge is 0.132 e. The van der Waals surface area contributed by atoms with E-state index in [1.165, 1.54) is 12.0 Å². The summed E-state index contributed by atoms with van der Waals surface area (Å²) in [6.45, 7) is 6.92. The van der Waals surface area contributed by atoms with E-state index in [1.54, 1.807) is 21.3 Å². The van der Waals surface area contributed by atoms with Crippen molar-refractivity contribution < 1.29 is 16.7 Å². The van der Waals surface area contributed by atoms with Crippen molar-refractivity contribution >= 4 is 23.5 Å². The molecule has 1 heterocycles. The van der Waals surface area contributed by atoms with Crippen LogP contribution in [0.25, 0.3) is 16.7 Å². The topological polar surface area (TPSA) is 43.6 Å². The third kappa shape index (κ3) is 8.15. The molecule has 5 heteroatoms. The molecule has 0 bridgehead atoms. The highest BCUT2D eigenvalue weighted by Crippen LogP contribution is 2.34. The summed E-state index contributed by atoms with van der Waals surface area (Å²) in [6.07, 6.45) is 6.22. The number of rotatable bonds is 7. The van der Waals surface area contributed by atoms with Gasteiger partial charge in [-0.1, -0.05) is 69.8 Å². The fourth-order valence-corrected chi connectivity index (χ4v) is 3.51. The molecule has 1 aromatic heterocycles. The van der Waals surface area contributed by atoms with Gasteiger partial charge in [-0.05, 0) is 47.0 Å². The molecule has 3 aromatic rings. The van der Waals surface area contributed by atoms with Crippen molar-refractivity contribution in [2.75, 3.05) is 26.6 Å². The van der Waals surface area contributed by atoms with E-state index in [4.69, 9.17) is 21.4 Å². The molecular weight excluding hydrogens is 442 g/mol. The molecule has 185 valence electrons. The number of aryl methyl sites for hydroxylation is 1. The molecule has 0 unspecified atom stereocenters. The van der Waals surface area contributed by atoms with Crippen molar-refractivity contribution in [1.29, 1.82) is 0 Å². The summed E-state index contributed by atoms with van der Waals surface area (Å²) in [5.74, 6) is 2.67. The number of anilines is 1. The van der Waals surface area contributed by atoms with Crippen LogP contribution in [0.1, 0.15) is 47.1 Å². The zero-order valence-corrected chi connectivity index (χ0v) is 21.9. The van der Waals surface area contributed by atoms with Crippen molar-refractivity contribution in [3.05, 3.63) is 88.7 Å². The first-order chi connectivity index (χ1) is 16.5. The van der Waals surface area contributed by atoms with Crippen LogP contribution < -0.4 is 10.1 Å². The molecule has 4 nitrogen and oxygen atoms in total. The summed E-state index contributed by atoms with van der Waals surface area (Å²) >= 11 is 5.57. The molecule has 0 spiro atoms. The maximum Gasteiger partial charge on any atom is 0.132 e. The summed E-state index contributed by atoms with van der Waals surface area (Å²) in [7, 11) is 4.93. The summed E-state index contributed by atoms with van der Waals surface area (Å²) in [6, 6.07) is 18.4. The minimum absolute atomic E-state index is 0. The predicted molar refractivity (Wildman–Crippen MR) is 150 cm³/mol. The first-order valence-corrected chi connectivity index (χ1v) is 12.0. The molecule has 0 aliphatic heterocycles. The van der Waals surface area contributed by atoms with Gasteiger partial charge < -0.3 is 19.2 Å². The third-order valence-electron chi connectivity index (χ3n) is 4.80. The van der Waals surface area contributed by atoms with Gasteiger partial charge in [0.25, 0.3) is 0 Å². The number of ether oxygens (including phenoxy) is 2. The fourth-order valence-electron chi connectivity index (χ4n) is 3.15. The second kappa shape index (κ2) is 14.4. The van der Waals surface area contributed by atoms with Crippen LogP contribution in [0.3, 0.4) is 0 Å². The van der Waals surface area contributed by atoms with E-state index in [2.05, 4.69) is 79.7 Å². The molecule has 34 heavy (non-hydrogen) atoms. The average molecular weight is 483 g/mol. The molecule has 0 saturated heterocycles. The van der Waals surface area contributed by atoms with Gasteiger partial charge in [-0.15, -0.1) is 0 Å². The lowest BCUT2D eigenvalue weighted by atomic mass is 10.1. The molecule has 0 amide bonds. The van der Waals surface area contributed by atoms with Crippen LogP contribution in [0, 0.1) is 10.9 Å². The molecule has 2 aromatic carbocycles. The Morgan fingerprint density at radius 3 is 1.91 bits per heavy atom. The average Bonchev–Trinajstić information content (AvgIpc) is 3.69. The zero-order valence-electron chi connectivity index (χ0n) is 21.1. The Morgan fingerprint density at radius 1 is 0.912 bits per heavy atom. The van der Waals surface area contributed by atoms with Crippen molar-refractivity contribution in [3.63, 3.8) is 0 Å². The van der Waals surface area contributed by atoms with Gasteiger partial charge in [0.1, 0.15) is 17.3 Å². The normalized spacial score (nSPS) is 11.3. The monoisotopic (exact) mass is 482 g/mol. The first-order valence-electron chi connectivity index (χ1n) is 11.6. The first kappa shape index (κ1) is 27.4. The van der Waals surface area contributed by atoms with Gasteiger partial charge in [0.2, 0.25) is 0 Å². The van der Waals surface area contributed by atoms with E-state index in [0.29, 0.717) is 6.54 Å². The Morgan fingerprint density at radius 2 is 1.44 bits per heavy atom. The van der Waals surface area contributed by atoms with E-state index in [-0.39, 0.29) is 2.85 Å². The Labute approximate surface area is 212 Å². The maximum absolute atomic E-state index is 6.07. The van der Waals surface area contributed by atoms with Gasteiger partial charge in [-0.25, -0.2) is 0 Å². The summed E-state index contributed by atoms with van der Waals surface area (Å²) < 4.78 is 16.4. The van der Waals surface area contributed by atoms with E-state index < -0.39 is 0 Å². The number of hydrogen-bond acceptors (Lipinski definition) is 5. The molecule has 0 saturated carbocycles. The quantitative estimate of drug-likeness (QED) is 0.341. The maximum atomic E-state index is 6.07. The van der Waals surface area contributed by atoms with Crippen molar-refractivity contribution in [2.45, 2.75) is 40.2 Å². The number of hydrogen-bond donors (Lipinski definition) is 1. The van der Waals surface area contributed by atoms with Crippen LogP contribution in [-0.4, -0.2) is 21.3 Å². The third-order valence-corrected chi connectivity index (χ3v) is 5.13. The zero-order chi connectivity index (χ0) is 24.9. The Hall–Kier alpha value is -2.89. The standard InChI is InChI=1S/C24H22NO2S.C3H8.C2H6O.2H2/c1-3-20-14-23(28)24(18-4-5-18)22(27-20)15-25-19-10-6-16(7-11-19)17-8-12-21(26-2)13-9-17;2*1-3-2;;/h4-14,25H,3,15H2,1-2H3;3H2,1-2H3;1-2H3;2*1H. The summed E-state index contributed by atoms with van der Waals surface area (Å²) in [5.41, 5.74) is 5.57. The van der Waals surface area contributed by atoms with Gasteiger partial charge in [-0.2, -0.15) is 0 Å². The molecule has 0 atom stereocenters. The fraction of sp³-hybridized carbons (Fsp3) is 0.310. The van der Waals surface area contributed by atoms with Crippen LogP contribution in [0.2, 0.25) is 0 Å². The van der Waals surface area contributed by atoms with E-state index in [0.717, 1.165) is 50.6 Å². The Balaban J connectivity index is 0.00000140. The van der Waals surface area contributed by atoms with Crippen molar-refractivity contribution in [2.24, 2.45) is 0 Å². The van der Waals surface area contributed by atoms with Crippen LogP contribution in [0.4, 0.5) is 5.69 Å². The van der Waals surface area contributed by atoms with Gasteiger partial charge in [-0.3, -0.25) is 0 Å². The summed E-state index contributed by atoms with van der Waals surface area (Å²) in [5, 5.41) is 3.46. The van der Waals surface area contributed by atoms with Crippen LogP contribution in [0.5, 0.6) is 5.75 Å². The van der Waals surface area contributed by atoms with Gasteiger partial charge in [0.15, 0.2) is 0 Å². The second-order valence-electron chi connectivity index (χ2n) is 7.79. The number of allylic oxidation sites excluding steroid dienone is 2. The van der Waals surface area contributed by atoms with Crippen LogP contribution in [-0.2, 0) is 17.7 Å². The number of nitrogens with one attached hydrogen (secondary N) is 1. The van der Waals surface area contributed by atoms with Crippen LogP contribution >= 0.6 is 12.2 Å². The lowest BCUT2D eigenvalue weighted by molar-refractivity contribution is 0.277. The van der Waals surface area contributed by atoms with Gasteiger partial charge in [0.05, 0.1) is 18.2 Å². The lowest BCUT2D eigenvalue weighted by Gasteiger charge is -2.12. The highest BCUT2D eigenvalue weighted by molar-refractivity contribution is 7.71. The van der Waals surface area contributed by atoms with E-state index in [9.17, 15) is 0 Å². The minimum Gasteiger partial charge on any atom is -0.497 e. The molecular formula is C29H40NO3S. The molecule has 1 aliphatic carbocycles.